The molecule has 0 bridgehead atoms. The lowest BCUT2D eigenvalue weighted by Gasteiger charge is -2.11. The zero-order valence-electron chi connectivity index (χ0n) is 11.5. The van der Waals surface area contributed by atoms with Crippen LogP contribution in [0.1, 0.15) is 18.9 Å². The average Bonchev–Trinajstić information content (AvgIpc) is 2.50. The number of hydrogen-bond acceptors (Lipinski definition) is 3. The fourth-order valence-electron chi connectivity index (χ4n) is 2.12. The predicted octanol–water partition coefficient (Wildman–Crippen LogP) is 4.75. The summed E-state index contributed by atoms with van der Waals surface area (Å²) < 4.78 is 5.63. The maximum absolute atomic E-state index is 5.63. The van der Waals surface area contributed by atoms with Crippen LogP contribution in [-0.2, 0) is 6.42 Å². The first-order valence-electron chi connectivity index (χ1n) is 6.70. The standard InChI is InChI=1S/C17H17NOS/c1-2-6-16-11-15(14-7-4-3-5-8-14)9-10-17(16)19-12-18-13-20/h3-5,7-11H,2,6,12H2,1H3. The van der Waals surface area contributed by atoms with Gasteiger partial charge < -0.3 is 4.74 Å². The van der Waals surface area contributed by atoms with E-state index in [4.69, 9.17) is 4.74 Å². The summed E-state index contributed by atoms with van der Waals surface area (Å²) in [5, 5.41) is 2.31. The zero-order valence-corrected chi connectivity index (χ0v) is 12.3. The van der Waals surface area contributed by atoms with Gasteiger partial charge in [-0.15, -0.1) is 0 Å². The largest absolute Gasteiger partial charge is 0.470 e. The van der Waals surface area contributed by atoms with Crippen LogP contribution in [0.2, 0.25) is 0 Å². The van der Waals surface area contributed by atoms with Crippen molar-refractivity contribution in [2.45, 2.75) is 19.8 Å². The van der Waals surface area contributed by atoms with E-state index in [1.165, 1.54) is 16.7 Å². The summed E-state index contributed by atoms with van der Waals surface area (Å²) in [5.41, 5.74) is 3.63. The second-order valence-corrected chi connectivity index (χ2v) is 4.64. The molecule has 0 N–H and O–H groups in total. The molecule has 0 amide bonds. The van der Waals surface area contributed by atoms with E-state index in [9.17, 15) is 0 Å². The van der Waals surface area contributed by atoms with Gasteiger partial charge in [-0.25, -0.2) is 0 Å². The molecule has 2 aromatic carbocycles. The Hall–Kier alpha value is -1.96. The van der Waals surface area contributed by atoms with Crippen molar-refractivity contribution in [1.82, 2.24) is 0 Å². The highest BCUT2D eigenvalue weighted by Crippen LogP contribution is 2.27. The van der Waals surface area contributed by atoms with Gasteiger partial charge >= 0.3 is 0 Å². The fourth-order valence-corrected chi connectivity index (χ4v) is 2.18. The van der Waals surface area contributed by atoms with Gasteiger partial charge in [0.25, 0.3) is 0 Å². The van der Waals surface area contributed by atoms with Crippen molar-refractivity contribution in [3.63, 3.8) is 0 Å². The van der Waals surface area contributed by atoms with Crippen LogP contribution in [0.3, 0.4) is 0 Å². The van der Waals surface area contributed by atoms with Crippen LogP contribution in [0.5, 0.6) is 5.75 Å². The third-order valence-corrected chi connectivity index (χ3v) is 3.17. The number of ether oxygens (including phenoxy) is 1. The fraction of sp³-hybridized carbons (Fsp3) is 0.235. The topological polar surface area (TPSA) is 21.6 Å². The van der Waals surface area contributed by atoms with Gasteiger partial charge in [-0.1, -0.05) is 49.7 Å². The van der Waals surface area contributed by atoms with Gasteiger partial charge in [-0.2, -0.15) is 4.99 Å². The van der Waals surface area contributed by atoms with E-state index < -0.39 is 0 Å². The minimum Gasteiger partial charge on any atom is -0.470 e. The van der Waals surface area contributed by atoms with Gasteiger partial charge in [0.1, 0.15) is 5.75 Å². The second-order valence-electron chi connectivity index (χ2n) is 4.46. The highest BCUT2D eigenvalue weighted by Gasteiger charge is 2.06. The van der Waals surface area contributed by atoms with Gasteiger partial charge in [-0.3, -0.25) is 0 Å². The third-order valence-electron chi connectivity index (χ3n) is 3.04. The minimum absolute atomic E-state index is 0.227. The monoisotopic (exact) mass is 283 g/mol. The third kappa shape index (κ3) is 3.77. The number of benzene rings is 2. The number of isothiocyanates is 1. The first-order valence-corrected chi connectivity index (χ1v) is 7.10. The van der Waals surface area contributed by atoms with Crippen LogP contribution in [0, 0.1) is 0 Å². The van der Waals surface area contributed by atoms with Gasteiger partial charge in [-0.05, 0) is 47.5 Å². The summed E-state index contributed by atoms with van der Waals surface area (Å²) in [4.78, 5) is 3.79. The van der Waals surface area contributed by atoms with Crippen LogP contribution in [0.4, 0.5) is 0 Å². The minimum atomic E-state index is 0.227. The predicted molar refractivity (Wildman–Crippen MR) is 86.4 cm³/mol. The molecule has 0 spiro atoms. The van der Waals surface area contributed by atoms with E-state index in [0.29, 0.717) is 0 Å². The molecule has 2 nitrogen and oxygen atoms in total. The molecular formula is C17H17NOS. The molecule has 0 aliphatic carbocycles. The number of hydrogen-bond donors (Lipinski definition) is 0. The van der Waals surface area contributed by atoms with E-state index in [-0.39, 0.29) is 6.73 Å². The molecule has 2 aromatic rings. The Balaban J connectivity index is 2.29. The molecule has 0 aliphatic heterocycles. The molecule has 2 rings (SSSR count). The highest BCUT2D eigenvalue weighted by atomic mass is 32.1. The second kappa shape index (κ2) is 7.59. The maximum atomic E-state index is 5.63. The van der Waals surface area contributed by atoms with Crippen molar-refractivity contribution in [2.24, 2.45) is 4.99 Å². The normalized spacial score (nSPS) is 9.85. The van der Waals surface area contributed by atoms with Crippen molar-refractivity contribution >= 4 is 17.4 Å². The SMILES string of the molecule is CCCc1cc(-c2ccccc2)ccc1OCN=C=S. The molecule has 102 valence electrons. The Morgan fingerprint density at radius 2 is 1.90 bits per heavy atom. The van der Waals surface area contributed by atoms with Crippen molar-refractivity contribution in [3.05, 3.63) is 54.1 Å². The Bertz CT molecular complexity index is 604. The number of nitrogens with zero attached hydrogens (tertiary/aromatic N) is 1. The quantitative estimate of drug-likeness (QED) is 0.564. The highest BCUT2D eigenvalue weighted by molar-refractivity contribution is 7.78. The van der Waals surface area contributed by atoms with Crippen LogP contribution in [0.15, 0.2) is 53.5 Å². The molecule has 0 unspecified atom stereocenters. The first kappa shape index (κ1) is 14.4. The number of aryl methyl sites for hydroxylation is 1. The van der Waals surface area contributed by atoms with Gasteiger partial charge in [0.05, 0.1) is 5.16 Å². The molecule has 0 saturated heterocycles. The van der Waals surface area contributed by atoms with Crippen molar-refractivity contribution in [3.8, 4) is 16.9 Å². The Morgan fingerprint density at radius 1 is 1.10 bits per heavy atom. The summed E-state index contributed by atoms with van der Waals surface area (Å²) in [5.74, 6) is 0.875. The zero-order chi connectivity index (χ0) is 14.2. The lowest BCUT2D eigenvalue weighted by Crippen LogP contribution is -1.98. The molecule has 0 aliphatic rings. The van der Waals surface area contributed by atoms with E-state index >= 15 is 0 Å². The van der Waals surface area contributed by atoms with Crippen molar-refractivity contribution < 1.29 is 4.74 Å². The molecule has 0 heterocycles. The summed E-state index contributed by atoms with van der Waals surface area (Å²) in [7, 11) is 0. The summed E-state index contributed by atoms with van der Waals surface area (Å²) in [6.07, 6.45) is 2.06. The average molecular weight is 283 g/mol. The molecule has 0 saturated carbocycles. The Kier molecular flexibility index (Phi) is 5.48. The number of aliphatic imine (C=N–C) groups is 1. The summed E-state index contributed by atoms with van der Waals surface area (Å²) >= 11 is 4.54. The van der Waals surface area contributed by atoms with Gasteiger partial charge in [0, 0.05) is 0 Å². The molecule has 0 aromatic heterocycles. The smallest absolute Gasteiger partial charge is 0.188 e. The molecule has 0 atom stereocenters. The van der Waals surface area contributed by atoms with E-state index in [0.717, 1.165) is 18.6 Å². The number of rotatable bonds is 6. The lowest BCUT2D eigenvalue weighted by atomic mass is 10.0. The van der Waals surface area contributed by atoms with Crippen LogP contribution in [0.25, 0.3) is 11.1 Å². The molecule has 3 heteroatoms. The van der Waals surface area contributed by atoms with Crippen LogP contribution >= 0.6 is 12.2 Å². The Morgan fingerprint density at radius 3 is 2.60 bits per heavy atom. The molecule has 20 heavy (non-hydrogen) atoms. The first-order chi connectivity index (χ1) is 9.85. The lowest BCUT2D eigenvalue weighted by molar-refractivity contribution is 0.329. The molecule has 0 fully saturated rings. The van der Waals surface area contributed by atoms with E-state index in [1.54, 1.807) is 0 Å². The van der Waals surface area contributed by atoms with Crippen molar-refractivity contribution in [2.75, 3.05) is 6.73 Å². The summed E-state index contributed by atoms with van der Waals surface area (Å²) in [6.45, 7) is 2.39. The van der Waals surface area contributed by atoms with E-state index in [1.807, 2.05) is 24.3 Å². The molecular weight excluding hydrogens is 266 g/mol. The van der Waals surface area contributed by atoms with Crippen LogP contribution < -0.4 is 4.74 Å². The van der Waals surface area contributed by atoms with Crippen molar-refractivity contribution in [1.29, 1.82) is 0 Å². The maximum Gasteiger partial charge on any atom is 0.188 e. The Labute approximate surface area is 125 Å². The van der Waals surface area contributed by atoms with Gasteiger partial charge in [0.2, 0.25) is 0 Å². The number of thiocarbonyl (C=S) groups is 1. The molecule has 0 radical (unpaired) electrons. The summed E-state index contributed by atoms with van der Waals surface area (Å²) in [6, 6.07) is 16.6. The van der Waals surface area contributed by atoms with E-state index in [2.05, 4.69) is 53.6 Å². The van der Waals surface area contributed by atoms with Gasteiger partial charge in [0.15, 0.2) is 6.73 Å². The van der Waals surface area contributed by atoms with Crippen LogP contribution in [-0.4, -0.2) is 11.9 Å².